The lowest BCUT2D eigenvalue weighted by Gasteiger charge is -2.17. The van der Waals surface area contributed by atoms with Gasteiger partial charge in [-0.15, -0.1) is 0 Å². The second-order valence-electron chi connectivity index (χ2n) is 3.86. The second-order valence-corrected chi connectivity index (χ2v) is 3.86. The topological polar surface area (TPSA) is 41.1 Å². The maximum atomic E-state index is 12.0. The van der Waals surface area contributed by atoms with Gasteiger partial charge in [-0.25, -0.2) is 0 Å². The van der Waals surface area contributed by atoms with E-state index in [9.17, 15) is 18.0 Å². The van der Waals surface area contributed by atoms with Crippen molar-refractivity contribution in [3.05, 3.63) is 35.9 Å². The normalized spacial score (nSPS) is 13.1. The minimum atomic E-state index is -4.39. The second kappa shape index (κ2) is 6.39. The smallest absolute Gasteiger partial charge is 0.346 e. The molecule has 0 aromatic heterocycles. The molecule has 6 heteroatoms. The lowest BCUT2D eigenvalue weighted by Crippen LogP contribution is -2.46. The van der Waals surface area contributed by atoms with Gasteiger partial charge in [-0.2, -0.15) is 13.2 Å². The maximum absolute atomic E-state index is 12.0. The fourth-order valence-electron chi connectivity index (χ4n) is 1.49. The number of alkyl halides is 3. The van der Waals surface area contributed by atoms with Gasteiger partial charge in [-0.05, 0) is 19.0 Å². The van der Waals surface area contributed by atoms with Crippen LogP contribution in [0.4, 0.5) is 13.2 Å². The Hall–Kier alpha value is -1.56. The molecular formula is C12H15F3N2O. The van der Waals surface area contributed by atoms with Gasteiger partial charge in [-0.3, -0.25) is 4.79 Å². The molecule has 1 atom stereocenters. The van der Waals surface area contributed by atoms with Crippen molar-refractivity contribution < 1.29 is 18.0 Å². The van der Waals surface area contributed by atoms with Gasteiger partial charge in [0.25, 0.3) is 0 Å². The molecule has 0 aliphatic heterocycles. The van der Waals surface area contributed by atoms with E-state index in [4.69, 9.17) is 0 Å². The Morgan fingerprint density at radius 1 is 1.28 bits per heavy atom. The minimum Gasteiger partial charge on any atom is -0.346 e. The molecule has 0 radical (unpaired) electrons. The van der Waals surface area contributed by atoms with Gasteiger partial charge in [0.2, 0.25) is 5.91 Å². The van der Waals surface area contributed by atoms with Crippen LogP contribution in [0.3, 0.4) is 0 Å². The first kappa shape index (κ1) is 14.5. The Morgan fingerprint density at radius 2 is 1.89 bits per heavy atom. The summed E-state index contributed by atoms with van der Waals surface area (Å²) in [5.41, 5.74) is 0.888. The summed E-state index contributed by atoms with van der Waals surface area (Å²) < 4.78 is 35.9. The van der Waals surface area contributed by atoms with Crippen molar-refractivity contribution in [1.82, 2.24) is 10.6 Å². The molecule has 1 rings (SSSR count). The summed E-state index contributed by atoms with van der Waals surface area (Å²) in [6.07, 6.45) is -4.04. The van der Waals surface area contributed by atoms with Crippen LogP contribution in [0.2, 0.25) is 0 Å². The Bertz CT molecular complexity index is 379. The standard InChI is InChI=1S/C12H15F3N2O/c1-16-10(7-9-5-3-2-4-6-9)11(18)17-8-12(13,14)15/h2-6,10,16H,7-8H2,1H3,(H,17,18). The number of carbonyl (C=O) groups is 1. The number of nitrogens with one attached hydrogen (secondary N) is 2. The number of halogens is 3. The fraction of sp³-hybridized carbons (Fsp3) is 0.417. The van der Waals surface area contributed by atoms with Crippen LogP contribution >= 0.6 is 0 Å². The number of carbonyl (C=O) groups excluding carboxylic acids is 1. The van der Waals surface area contributed by atoms with E-state index in [2.05, 4.69) is 5.32 Å². The Balaban J connectivity index is 2.53. The molecule has 0 aliphatic rings. The first-order valence-corrected chi connectivity index (χ1v) is 5.48. The van der Waals surface area contributed by atoms with E-state index in [1.54, 1.807) is 7.05 Å². The molecule has 1 aromatic rings. The lowest BCUT2D eigenvalue weighted by atomic mass is 10.1. The summed E-state index contributed by atoms with van der Waals surface area (Å²) >= 11 is 0. The van der Waals surface area contributed by atoms with Crippen molar-refractivity contribution in [3.8, 4) is 0 Å². The Morgan fingerprint density at radius 3 is 2.39 bits per heavy atom. The molecule has 2 N–H and O–H groups in total. The van der Waals surface area contributed by atoms with Crippen LogP contribution in [0.5, 0.6) is 0 Å². The third-order valence-electron chi connectivity index (χ3n) is 2.41. The molecule has 0 fully saturated rings. The van der Waals surface area contributed by atoms with Crippen LogP contribution < -0.4 is 10.6 Å². The summed E-state index contributed by atoms with van der Waals surface area (Å²) in [5, 5.41) is 4.57. The van der Waals surface area contributed by atoms with Crippen LogP contribution in [-0.2, 0) is 11.2 Å². The van der Waals surface area contributed by atoms with Crippen molar-refractivity contribution in [1.29, 1.82) is 0 Å². The first-order valence-electron chi connectivity index (χ1n) is 5.48. The maximum Gasteiger partial charge on any atom is 0.405 e. The van der Waals surface area contributed by atoms with E-state index in [0.717, 1.165) is 5.56 Å². The zero-order chi connectivity index (χ0) is 13.6. The van der Waals surface area contributed by atoms with E-state index >= 15 is 0 Å². The fourth-order valence-corrected chi connectivity index (χ4v) is 1.49. The largest absolute Gasteiger partial charge is 0.405 e. The molecule has 0 spiro atoms. The summed E-state index contributed by atoms with van der Waals surface area (Å²) in [6, 6.07) is 8.44. The van der Waals surface area contributed by atoms with Gasteiger partial charge < -0.3 is 10.6 Å². The molecule has 0 aliphatic carbocycles. The predicted molar refractivity (Wildman–Crippen MR) is 62.1 cm³/mol. The highest BCUT2D eigenvalue weighted by atomic mass is 19.4. The molecule has 0 heterocycles. The van der Waals surface area contributed by atoms with E-state index in [0.29, 0.717) is 6.42 Å². The highest BCUT2D eigenvalue weighted by Gasteiger charge is 2.29. The quantitative estimate of drug-likeness (QED) is 0.842. The molecule has 3 nitrogen and oxygen atoms in total. The predicted octanol–water partition coefficient (Wildman–Crippen LogP) is 1.50. The number of amides is 1. The van der Waals surface area contributed by atoms with E-state index in [1.807, 2.05) is 35.6 Å². The average Bonchev–Trinajstić information content (AvgIpc) is 2.33. The number of hydrogen-bond donors (Lipinski definition) is 2. The van der Waals surface area contributed by atoms with Gasteiger partial charge in [0, 0.05) is 0 Å². The van der Waals surface area contributed by atoms with Crippen molar-refractivity contribution >= 4 is 5.91 Å². The molecule has 0 saturated heterocycles. The van der Waals surface area contributed by atoms with Crippen molar-refractivity contribution in [2.45, 2.75) is 18.6 Å². The van der Waals surface area contributed by atoms with Gasteiger partial charge in [0.1, 0.15) is 6.54 Å². The molecule has 100 valence electrons. The summed E-state index contributed by atoms with van der Waals surface area (Å²) in [6.45, 7) is -1.31. The number of benzene rings is 1. The SMILES string of the molecule is CNC(Cc1ccccc1)C(=O)NCC(F)(F)F. The van der Waals surface area contributed by atoms with E-state index < -0.39 is 24.7 Å². The Labute approximate surface area is 103 Å². The molecule has 1 aromatic carbocycles. The van der Waals surface area contributed by atoms with Crippen molar-refractivity contribution in [3.63, 3.8) is 0 Å². The first-order chi connectivity index (χ1) is 8.42. The average molecular weight is 260 g/mol. The zero-order valence-electron chi connectivity index (χ0n) is 9.92. The monoisotopic (exact) mass is 260 g/mol. The zero-order valence-corrected chi connectivity index (χ0v) is 9.92. The summed E-state index contributed by atoms with van der Waals surface area (Å²) in [7, 11) is 1.54. The van der Waals surface area contributed by atoms with Crippen LogP contribution in [0.1, 0.15) is 5.56 Å². The third kappa shape index (κ3) is 5.18. The Kier molecular flexibility index (Phi) is 5.15. The van der Waals surface area contributed by atoms with Crippen LogP contribution in [-0.4, -0.2) is 31.7 Å². The molecule has 1 unspecified atom stereocenters. The highest BCUT2D eigenvalue weighted by molar-refractivity contribution is 5.82. The summed E-state index contributed by atoms with van der Waals surface area (Å²) in [5.74, 6) is -0.654. The van der Waals surface area contributed by atoms with Crippen LogP contribution in [0.25, 0.3) is 0 Å². The van der Waals surface area contributed by atoms with E-state index in [-0.39, 0.29) is 0 Å². The number of rotatable bonds is 5. The number of hydrogen-bond acceptors (Lipinski definition) is 2. The van der Waals surface area contributed by atoms with Crippen LogP contribution in [0, 0.1) is 0 Å². The molecule has 1 amide bonds. The molecule has 18 heavy (non-hydrogen) atoms. The van der Waals surface area contributed by atoms with Gasteiger partial charge in [-0.1, -0.05) is 30.3 Å². The molecule has 0 saturated carbocycles. The van der Waals surface area contributed by atoms with Gasteiger partial charge >= 0.3 is 6.18 Å². The number of likely N-dealkylation sites (N-methyl/N-ethyl adjacent to an activating group) is 1. The third-order valence-corrected chi connectivity index (χ3v) is 2.41. The van der Waals surface area contributed by atoms with Crippen LogP contribution in [0.15, 0.2) is 30.3 Å². The van der Waals surface area contributed by atoms with Gasteiger partial charge in [0.05, 0.1) is 6.04 Å². The van der Waals surface area contributed by atoms with Crippen molar-refractivity contribution in [2.24, 2.45) is 0 Å². The van der Waals surface area contributed by atoms with E-state index in [1.165, 1.54) is 0 Å². The lowest BCUT2D eigenvalue weighted by molar-refractivity contribution is -0.139. The minimum absolute atomic E-state index is 0.348. The van der Waals surface area contributed by atoms with Gasteiger partial charge in [0.15, 0.2) is 0 Å². The highest BCUT2D eigenvalue weighted by Crippen LogP contribution is 2.12. The molecular weight excluding hydrogens is 245 g/mol. The molecule has 0 bridgehead atoms. The van der Waals surface area contributed by atoms with Crippen molar-refractivity contribution in [2.75, 3.05) is 13.6 Å². The summed E-state index contributed by atoms with van der Waals surface area (Å²) in [4.78, 5) is 11.6.